The zero-order valence-corrected chi connectivity index (χ0v) is 16.6. The molecule has 1 N–H and O–H groups in total. The van der Waals surface area contributed by atoms with Gasteiger partial charge in [0.15, 0.2) is 0 Å². The van der Waals surface area contributed by atoms with Gasteiger partial charge in [0.05, 0.1) is 13.2 Å². The van der Waals surface area contributed by atoms with Crippen LogP contribution in [0.5, 0.6) is 5.75 Å². The molecule has 146 valence electrons. The summed E-state index contributed by atoms with van der Waals surface area (Å²) in [5.41, 5.74) is 2.40. The minimum Gasteiger partial charge on any atom is -0.493 e. The molecule has 0 radical (unpaired) electrons. The number of halogens is 1. The number of ether oxygens (including phenoxy) is 2. The predicted octanol–water partition coefficient (Wildman–Crippen LogP) is 2.80. The Labute approximate surface area is 162 Å². The number of nitrogens with zero attached hydrogens (tertiary/aromatic N) is 1. The average Bonchev–Trinajstić information content (AvgIpc) is 2.86. The average molecular weight is 383 g/mol. The smallest absolute Gasteiger partial charge is 0.253 e. The summed E-state index contributed by atoms with van der Waals surface area (Å²) in [5, 5.41) is 3.24. The number of fused-ring (bicyclic) bond motifs is 1. The number of benzene rings is 1. The van der Waals surface area contributed by atoms with Gasteiger partial charge in [0.25, 0.3) is 5.91 Å². The molecule has 1 amide bonds. The first-order valence-electron chi connectivity index (χ1n) is 9.49. The molecule has 1 fully saturated rings. The van der Waals surface area contributed by atoms with E-state index in [1.54, 1.807) is 0 Å². The summed E-state index contributed by atoms with van der Waals surface area (Å²) in [7, 11) is 0. The fourth-order valence-corrected chi connectivity index (χ4v) is 3.46. The van der Waals surface area contributed by atoms with Crippen LogP contribution in [0.25, 0.3) is 0 Å². The summed E-state index contributed by atoms with van der Waals surface area (Å²) < 4.78 is 11.6. The van der Waals surface area contributed by atoms with Crippen LogP contribution in [0.3, 0.4) is 0 Å². The van der Waals surface area contributed by atoms with Crippen molar-refractivity contribution in [1.29, 1.82) is 0 Å². The van der Waals surface area contributed by atoms with Gasteiger partial charge in [-0.25, -0.2) is 0 Å². The van der Waals surface area contributed by atoms with Crippen molar-refractivity contribution in [1.82, 2.24) is 10.2 Å². The third-order valence-electron chi connectivity index (χ3n) is 4.70. The molecule has 0 bridgehead atoms. The van der Waals surface area contributed by atoms with Crippen LogP contribution >= 0.6 is 12.4 Å². The van der Waals surface area contributed by atoms with Crippen LogP contribution in [0.4, 0.5) is 0 Å². The fourth-order valence-electron chi connectivity index (χ4n) is 3.46. The molecule has 1 saturated heterocycles. The summed E-state index contributed by atoms with van der Waals surface area (Å²) >= 11 is 0. The molecule has 2 aliphatic heterocycles. The van der Waals surface area contributed by atoms with E-state index in [1.165, 1.54) is 12.0 Å². The van der Waals surface area contributed by atoms with Crippen molar-refractivity contribution < 1.29 is 14.3 Å². The number of aryl methyl sites for hydroxylation is 1. The van der Waals surface area contributed by atoms with Crippen molar-refractivity contribution in [2.45, 2.75) is 45.8 Å². The molecule has 26 heavy (non-hydrogen) atoms. The fraction of sp³-hybridized carbons (Fsp3) is 0.650. The number of morpholine rings is 1. The standard InChI is InChI=1S/C20H30N2O3.ClH/c1-15(2)13-22(20(23)19-12-21-8-10-25-19)14-16-6-7-17-5-3-4-9-24-18(17)11-16;/h6-7,11,15,19,21H,3-5,8-10,12-14H2,1-2H3;1H. The van der Waals surface area contributed by atoms with E-state index < -0.39 is 0 Å². The maximum atomic E-state index is 12.9. The Hall–Kier alpha value is -1.30. The Morgan fingerprint density at radius 3 is 2.88 bits per heavy atom. The molecule has 1 unspecified atom stereocenters. The number of amides is 1. The van der Waals surface area contributed by atoms with E-state index >= 15 is 0 Å². The van der Waals surface area contributed by atoms with Gasteiger partial charge >= 0.3 is 0 Å². The highest BCUT2D eigenvalue weighted by molar-refractivity contribution is 5.85. The van der Waals surface area contributed by atoms with E-state index in [9.17, 15) is 4.79 Å². The van der Waals surface area contributed by atoms with Crippen molar-refractivity contribution in [3.8, 4) is 5.75 Å². The van der Waals surface area contributed by atoms with Gasteiger partial charge in [0.1, 0.15) is 11.9 Å². The molecule has 3 rings (SSSR count). The quantitative estimate of drug-likeness (QED) is 0.850. The number of carbonyl (C=O) groups excluding carboxylic acids is 1. The number of hydrogen-bond acceptors (Lipinski definition) is 4. The highest BCUT2D eigenvalue weighted by Crippen LogP contribution is 2.26. The van der Waals surface area contributed by atoms with Gasteiger partial charge in [-0.15, -0.1) is 12.4 Å². The lowest BCUT2D eigenvalue weighted by Gasteiger charge is -2.31. The molecule has 0 spiro atoms. The molecule has 1 aromatic carbocycles. The Balaban J connectivity index is 0.00000243. The lowest BCUT2D eigenvalue weighted by Crippen LogP contribution is -2.49. The van der Waals surface area contributed by atoms with E-state index in [0.29, 0.717) is 25.6 Å². The number of carbonyl (C=O) groups is 1. The molecular weight excluding hydrogens is 352 g/mol. The molecular formula is C20H31ClN2O3. The second kappa shape index (κ2) is 10.1. The van der Waals surface area contributed by atoms with Crippen molar-refractivity contribution in [2.24, 2.45) is 5.92 Å². The third-order valence-corrected chi connectivity index (χ3v) is 4.70. The van der Waals surface area contributed by atoms with Gasteiger partial charge in [-0.05, 0) is 42.4 Å². The van der Waals surface area contributed by atoms with E-state index in [0.717, 1.165) is 43.9 Å². The molecule has 0 aromatic heterocycles. The monoisotopic (exact) mass is 382 g/mol. The Morgan fingerprint density at radius 2 is 2.15 bits per heavy atom. The van der Waals surface area contributed by atoms with Crippen molar-refractivity contribution in [3.63, 3.8) is 0 Å². The molecule has 0 saturated carbocycles. The van der Waals surface area contributed by atoms with Crippen molar-refractivity contribution in [3.05, 3.63) is 29.3 Å². The van der Waals surface area contributed by atoms with Gasteiger partial charge in [-0.1, -0.05) is 26.0 Å². The van der Waals surface area contributed by atoms with E-state index in [-0.39, 0.29) is 24.4 Å². The van der Waals surface area contributed by atoms with Gasteiger partial charge in [0.2, 0.25) is 0 Å². The van der Waals surface area contributed by atoms with Gasteiger partial charge in [-0.3, -0.25) is 4.79 Å². The SMILES string of the molecule is CC(C)CN(Cc1ccc2c(c1)OCCCC2)C(=O)C1CNCCO1.Cl. The zero-order chi connectivity index (χ0) is 17.6. The highest BCUT2D eigenvalue weighted by Gasteiger charge is 2.27. The van der Waals surface area contributed by atoms with Crippen LogP contribution in [0.1, 0.15) is 37.8 Å². The first-order chi connectivity index (χ1) is 12.1. The van der Waals surface area contributed by atoms with E-state index in [1.807, 2.05) is 4.90 Å². The largest absolute Gasteiger partial charge is 0.493 e. The Bertz CT molecular complexity index is 588. The van der Waals surface area contributed by atoms with Crippen LogP contribution in [-0.2, 0) is 22.5 Å². The van der Waals surface area contributed by atoms with Crippen LogP contribution in [0.15, 0.2) is 18.2 Å². The topological polar surface area (TPSA) is 50.8 Å². The molecule has 5 nitrogen and oxygen atoms in total. The molecule has 2 aliphatic rings. The summed E-state index contributed by atoms with van der Waals surface area (Å²) in [5.74, 6) is 1.48. The summed E-state index contributed by atoms with van der Waals surface area (Å²) in [6.45, 7) is 8.41. The van der Waals surface area contributed by atoms with E-state index in [4.69, 9.17) is 9.47 Å². The minimum atomic E-state index is -0.371. The Morgan fingerprint density at radius 1 is 1.31 bits per heavy atom. The summed E-state index contributed by atoms with van der Waals surface area (Å²) in [6.07, 6.45) is 2.99. The molecule has 2 heterocycles. The predicted molar refractivity (Wildman–Crippen MR) is 105 cm³/mol. The lowest BCUT2D eigenvalue weighted by atomic mass is 10.0. The first kappa shape index (κ1) is 21.0. The second-order valence-corrected chi connectivity index (χ2v) is 7.42. The number of rotatable bonds is 5. The molecule has 0 aliphatic carbocycles. The molecule has 6 heteroatoms. The van der Waals surface area contributed by atoms with Gasteiger partial charge in [0, 0.05) is 26.2 Å². The van der Waals surface area contributed by atoms with E-state index in [2.05, 4.69) is 37.4 Å². The minimum absolute atomic E-state index is 0. The molecule has 1 aromatic rings. The number of hydrogen-bond donors (Lipinski definition) is 1. The van der Waals surface area contributed by atoms with Crippen LogP contribution in [0, 0.1) is 5.92 Å². The number of nitrogens with one attached hydrogen (secondary N) is 1. The van der Waals surface area contributed by atoms with Gasteiger partial charge < -0.3 is 19.7 Å². The summed E-state index contributed by atoms with van der Waals surface area (Å²) in [4.78, 5) is 14.8. The maximum absolute atomic E-state index is 12.9. The summed E-state index contributed by atoms with van der Waals surface area (Å²) in [6, 6.07) is 6.40. The first-order valence-corrected chi connectivity index (χ1v) is 9.49. The van der Waals surface area contributed by atoms with Crippen molar-refractivity contribution in [2.75, 3.05) is 32.8 Å². The highest BCUT2D eigenvalue weighted by atomic mass is 35.5. The van der Waals surface area contributed by atoms with Crippen molar-refractivity contribution >= 4 is 18.3 Å². The second-order valence-electron chi connectivity index (χ2n) is 7.42. The van der Waals surface area contributed by atoms with Gasteiger partial charge in [-0.2, -0.15) is 0 Å². The normalized spacial score (nSPS) is 19.7. The van der Waals surface area contributed by atoms with Crippen LogP contribution in [-0.4, -0.2) is 49.8 Å². The van der Waals surface area contributed by atoms with Crippen LogP contribution in [0.2, 0.25) is 0 Å². The zero-order valence-electron chi connectivity index (χ0n) is 15.8. The molecule has 1 atom stereocenters. The lowest BCUT2D eigenvalue weighted by molar-refractivity contribution is -0.146. The Kier molecular flexibility index (Phi) is 8.19. The maximum Gasteiger partial charge on any atom is 0.253 e. The van der Waals surface area contributed by atoms with Crippen LogP contribution < -0.4 is 10.1 Å². The third kappa shape index (κ3) is 5.60.